The molecule has 7 rings (SSSR count). The van der Waals surface area contributed by atoms with E-state index in [1.165, 1.54) is 4.90 Å². The summed E-state index contributed by atoms with van der Waals surface area (Å²) in [6, 6.07) is 9.64. The number of amides is 2. The van der Waals surface area contributed by atoms with Gasteiger partial charge in [0.1, 0.15) is 23.2 Å². The van der Waals surface area contributed by atoms with Gasteiger partial charge in [-0.3, -0.25) is 19.9 Å². The van der Waals surface area contributed by atoms with Crippen molar-refractivity contribution in [2.45, 2.75) is 75.8 Å². The van der Waals surface area contributed by atoms with Gasteiger partial charge in [-0.25, -0.2) is 0 Å². The third kappa shape index (κ3) is 5.16. The summed E-state index contributed by atoms with van der Waals surface area (Å²) in [5.74, 6) is 0.441. The summed E-state index contributed by atoms with van der Waals surface area (Å²) >= 11 is 0. The van der Waals surface area contributed by atoms with Crippen LogP contribution in [0.1, 0.15) is 85.6 Å². The van der Waals surface area contributed by atoms with Crippen molar-refractivity contribution in [3.8, 4) is 11.5 Å². The van der Waals surface area contributed by atoms with Gasteiger partial charge in [0.2, 0.25) is 5.91 Å². The van der Waals surface area contributed by atoms with Crippen molar-refractivity contribution in [1.29, 1.82) is 5.41 Å². The van der Waals surface area contributed by atoms with Crippen LogP contribution in [0.15, 0.2) is 42.5 Å². The fourth-order valence-electron chi connectivity index (χ4n) is 6.87. The highest BCUT2D eigenvalue weighted by Gasteiger charge is 2.47. The number of hydrogen-bond acceptors (Lipinski definition) is 7. The zero-order chi connectivity index (χ0) is 30.5. The zero-order valence-electron chi connectivity index (χ0n) is 25.1. The van der Waals surface area contributed by atoms with Gasteiger partial charge in [0, 0.05) is 35.3 Å². The molecule has 2 aromatic carbocycles. The maximum Gasteiger partial charge on any atom is 0.251 e. The van der Waals surface area contributed by atoms with Crippen LogP contribution in [0.2, 0.25) is 0 Å². The summed E-state index contributed by atoms with van der Waals surface area (Å²) in [6.45, 7) is 6.26. The van der Waals surface area contributed by atoms with Gasteiger partial charge in [-0.2, -0.15) is 0 Å². The average Bonchev–Trinajstić information content (AvgIpc) is 2.97. The van der Waals surface area contributed by atoms with E-state index in [0.717, 1.165) is 5.56 Å². The van der Waals surface area contributed by atoms with Crippen molar-refractivity contribution in [3.05, 3.63) is 64.7 Å². The number of ether oxygens (including phenoxy) is 3. The molecule has 5 heterocycles. The lowest BCUT2D eigenvalue weighted by molar-refractivity contribution is -0.134. The molecule has 2 amide bonds. The first-order valence-corrected chi connectivity index (χ1v) is 15.0. The minimum absolute atomic E-state index is 0.0461. The number of rotatable bonds is 3. The molecule has 0 aliphatic carbocycles. The molecule has 0 spiro atoms. The molecule has 43 heavy (non-hydrogen) atoms. The van der Waals surface area contributed by atoms with Crippen molar-refractivity contribution < 1.29 is 28.9 Å². The van der Waals surface area contributed by atoms with E-state index in [-0.39, 0.29) is 30.1 Å². The Morgan fingerprint density at radius 1 is 1.14 bits per heavy atom. The molecule has 5 aliphatic heterocycles. The van der Waals surface area contributed by atoms with Gasteiger partial charge in [-0.15, -0.1) is 0 Å². The van der Waals surface area contributed by atoms with E-state index in [0.29, 0.717) is 60.7 Å². The highest BCUT2D eigenvalue weighted by molar-refractivity contribution is 6.00. The summed E-state index contributed by atoms with van der Waals surface area (Å²) in [4.78, 5) is 29.3. The SMILES string of the molecule is CC[C@]12CC/C=C/c3ccc4c(c3)[C@@H](NC(=O)c3ccc5c(c3)[C@@H]([C@H](COC)CO5)N(C(=N)N1)C(=O)C2)[C@H](O)C(C)(C)O4. The molecular weight excluding hydrogens is 548 g/mol. The smallest absolute Gasteiger partial charge is 0.251 e. The van der Waals surface area contributed by atoms with Gasteiger partial charge in [-0.05, 0) is 69.0 Å². The topological polar surface area (TPSA) is 133 Å². The molecule has 4 N–H and O–H groups in total. The Morgan fingerprint density at radius 2 is 1.93 bits per heavy atom. The van der Waals surface area contributed by atoms with Crippen LogP contribution in [0, 0.1) is 11.3 Å². The molecule has 10 heteroatoms. The number of aliphatic hydroxyl groups excluding tert-OH is 1. The molecule has 0 unspecified atom stereocenters. The van der Waals surface area contributed by atoms with E-state index >= 15 is 0 Å². The lowest BCUT2D eigenvalue weighted by Gasteiger charge is -2.48. The Morgan fingerprint density at radius 3 is 2.67 bits per heavy atom. The average molecular weight is 589 g/mol. The lowest BCUT2D eigenvalue weighted by atomic mass is 9.82. The molecular formula is C33H40N4O6. The second-order valence-electron chi connectivity index (χ2n) is 12.6. The van der Waals surface area contributed by atoms with Crippen LogP contribution < -0.4 is 20.1 Å². The van der Waals surface area contributed by atoms with Crippen LogP contribution >= 0.6 is 0 Å². The molecule has 1 fully saturated rings. The third-order valence-corrected chi connectivity index (χ3v) is 9.36. The normalized spacial score (nSPS) is 30.3. The van der Waals surface area contributed by atoms with E-state index in [1.54, 1.807) is 39.2 Å². The predicted octanol–water partition coefficient (Wildman–Crippen LogP) is 4.10. The minimum Gasteiger partial charge on any atom is -0.493 e. The standard InChI is InChI=1S/C33H40N4O6/c1-5-33-13-7-6-8-19-9-11-25-22(14-19)27(29(39)32(2,3)43-25)35-30(40)20-10-12-24-23(15-20)28(21(17-41-4)18-42-24)37(26(38)16-33)31(34)36-33/h6,8-12,14-15,21,27-29,39H,5,7,13,16-18H2,1-4H3,(H2,34,36)(H,35,40)/b8-6+/t21-,27-,28-,29+,33-/m1/s1. The monoisotopic (exact) mass is 588 g/mol. The second kappa shape index (κ2) is 11.0. The number of aliphatic hydroxyl groups is 1. The van der Waals surface area contributed by atoms with Crippen LogP contribution in [-0.2, 0) is 9.53 Å². The molecule has 228 valence electrons. The Kier molecular flexibility index (Phi) is 7.46. The number of fused-ring (bicyclic) bond motifs is 5. The number of hydrogen-bond donors (Lipinski definition) is 4. The van der Waals surface area contributed by atoms with Crippen molar-refractivity contribution in [2.24, 2.45) is 5.92 Å². The van der Waals surface area contributed by atoms with E-state index < -0.39 is 29.3 Å². The summed E-state index contributed by atoms with van der Waals surface area (Å²) < 4.78 is 17.7. The van der Waals surface area contributed by atoms with Gasteiger partial charge in [0.05, 0.1) is 31.7 Å². The third-order valence-electron chi connectivity index (χ3n) is 9.36. The molecule has 5 atom stereocenters. The van der Waals surface area contributed by atoms with Crippen LogP contribution in [0.3, 0.4) is 0 Å². The number of carbonyl (C=O) groups is 2. The quantitative estimate of drug-likeness (QED) is 0.424. The molecule has 10 nitrogen and oxygen atoms in total. The van der Waals surface area contributed by atoms with Crippen molar-refractivity contribution in [1.82, 2.24) is 15.5 Å². The van der Waals surface area contributed by atoms with Gasteiger partial charge < -0.3 is 30.0 Å². The Labute approximate surface area is 251 Å². The predicted molar refractivity (Wildman–Crippen MR) is 161 cm³/mol. The molecule has 0 saturated carbocycles. The van der Waals surface area contributed by atoms with E-state index in [4.69, 9.17) is 19.6 Å². The van der Waals surface area contributed by atoms with Crippen LogP contribution in [0.25, 0.3) is 6.08 Å². The van der Waals surface area contributed by atoms with Crippen molar-refractivity contribution in [3.63, 3.8) is 0 Å². The number of carbonyl (C=O) groups excluding carboxylic acids is 2. The van der Waals surface area contributed by atoms with Gasteiger partial charge in [0.25, 0.3) is 5.91 Å². The maximum absolute atomic E-state index is 13.9. The highest BCUT2D eigenvalue weighted by atomic mass is 16.5. The van der Waals surface area contributed by atoms with Gasteiger partial charge in [-0.1, -0.05) is 25.1 Å². The van der Waals surface area contributed by atoms with E-state index in [2.05, 4.69) is 16.7 Å². The molecule has 2 aromatic rings. The number of methoxy groups -OCH3 is 1. The first-order valence-electron chi connectivity index (χ1n) is 15.0. The van der Waals surface area contributed by atoms with Crippen LogP contribution in [0.4, 0.5) is 0 Å². The summed E-state index contributed by atoms with van der Waals surface area (Å²) in [5.41, 5.74) is 1.13. The summed E-state index contributed by atoms with van der Waals surface area (Å²) in [7, 11) is 1.60. The van der Waals surface area contributed by atoms with E-state index in [9.17, 15) is 14.7 Å². The minimum atomic E-state index is -1.01. The number of benzene rings is 2. The fraction of sp³-hybridized carbons (Fsp3) is 0.485. The number of allylic oxidation sites excluding steroid dienone is 1. The van der Waals surface area contributed by atoms with E-state index in [1.807, 2.05) is 31.2 Å². The molecule has 1 saturated heterocycles. The van der Waals surface area contributed by atoms with Gasteiger partial charge >= 0.3 is 0 Å². The largest absolute Gasteiger partial charge is 0.493 e. The Balaban J connectivity index is 1.48. The maximum atomic E-state index is 13.9. The van der Waals surface area contributed by atoms with Gasteiger partial charge in [0.15, 0.2) is 5.96 Å². The number of guanidine groups is 1. The molecule has 6 bridgehead atoms. The number of nitrogens with one attached hydrogen (secondary N) is 3. The lowest BCUT2D eigenvalue weighted by Crippen LogP contribution is -2.64. The van der Waals surface area contributed by atoms with Crippen molar-refractivity contribution >= 4 is 23.8 Å². The molecule has 0 aromatic heterocycles. The first kappa shape index (κ1) is 29.2. The number of nitrogens with zero attached hydrogens (tertiary/aromatic N) is 1. The highest BCUT2D eigenvalue weighted by Crippen LogP contribution is 2.44. The Bertz CT molecular complexity index is 1470. The van der Waals surface area contributed by atoms with Crippen LogP contribution in [0.5, 0.6) is 11.5 Å². The summed E-state index contributed by atoms with van der Waals surface area (Å²) in [6.07, 6.45) is 5.36. The summed E-state index contributed by atoms with van der Waals surface area (Å²) in [5, 5.41) is 26.9. The Hall–Kier alpha value is -3.89. The molecule has 5 aliphatic rings. The fourth-order valence-corrected chi connectivity index (χ4v) is 6.87. The molecule has 0 radical (unpaired) electrons. The van der Waals surface area contributed by atoms with Crippen LogP contribution in [-0.4, -0.2) is 65.3 Å². The van der Waals surface area contributed by atoms with Crippen molar-refractivity contribution in [2.75, 3.05) is 20.3 Å². The first-order chi connectivity index (χ1) is 20.6. The zero-order valence-corrected chi connectivity index (χ0v) is 25.1. The second-order valence-corrected chi connectivity index (χ2v) is 12.6.